The van der Waals surface area contributed by atoms with Crippen LogP contribution in [0.25, 0.3) is 0 Å². The van der Waals surface area contributed by atoms with Gasteiger partial charge < -0.3 is 19.9 Å². The van der Waals surface area contributed by atoms with Gasteiger partial charge in [0.25, 0.3) is 0 Å². The first-order chi connectivity index (χ1) is 14.9. The minimum atomic E-state index is -0.750. The van der Waals surface area contributed by atoms with Gasteiger partial charge in [-0.2, -0.15) is 0 Å². The number of anilines is 1. The zero-order chi connectivity index (χ0) is 21.8. The van der Waals surface area contributed by atoms with E-state index in [0.29, 0.717) is 32.5 Å². The molecule has 10 heteroatoms. The maximum Gasteiger partial charge on any atom is 0.410 e. The Morgan fingerprint density at radius 1 is 1.06 bits per heavy atom. The number of likely N-dealkylation sites (tertiary alicyclic amines) is 1. The fraction of sp³-hybridized carbons (Fsp3) is 0.571. The summed E-state index contributed by atoms with van der Waals surface area (Å²) in [5, 5.41) is 2.42. The molecule has 8 nitrogen and oxygen atoms in total. The number of hydrogen-bond acceptors (Lipinski definition) is 4. The highest BCUT2D eigenvalue weighted by molar-refractivity contribution is 5.90. The van der Waals surface area contributed by atoms with Crippen LogP contribution in [-0.2, 0) is 9.53 Å². The number of fused-ring (bicyclic) bond motifs is 2. The highest BCUT2D eigenvalue weighted by Crippen LogP contribution is 2.41. The van der Waals surface area contributed by atoms with Crippen molar-refractivity contribution in [2.24, 2.45) is 5.92 Å². The van der Waals surface area contributed by atoms with Gasteiger partial charge >= 0.3 is 12.1 Å². The number of amides is 4. The second-order valence-electron chi connectivity index (χ2n) is 8.74. The molecule has 1 spiro atoms. The zero-order valence-corrected chi connectivity index (χ0v) is 17.0. The van der Waals surface area contributed by atoms with Crippen LogP contribution < -0.4 is 5.32 Å². The van der Waals surface area contributed by atoms with Crippen LogP contribution in [0.1, 0.15) is 25.7 Å². The third-order valence-corrected chi connectivity index (χ3v) is 6.82. The van der Waals surface area contributed by atoms with Crippen molar-refractivity contribution in [3.05, 3.63) is 29.8 Å². The summed E-state index contributed by atoms with van der Waals surface area (Å²) < 4.78 is 33.1. The maximum atomic E-state index is 13.9. The number of benzene rings is 1. The molecule has 0 aromatic heterocycles. The fourth-order valence-corrected chi connectivity index (χ4v) is 4.85. The number of rotatable bonds is 2. The molecule has 1 aromatic carbocycles. The molecule has 31 heavy (non-hydrogen) atoms. The minimum Gasteiger partial charge on any atom is -0.440 e. The number of urea groups is 1. The lowest BCUT2D eigenvalue weighted by Crippen LogP contribution is -2.62. The van der Waals surface area contributed by atoms with Crippen molar-refractivity contribution in [1.82, 2.24) is 14.7 Å². The van der Waals surface area contributed by atoms with Crippen LogP contribution in [0.3, 0.4) is 0 Å². The summed E-state index contributed by atoms with van der Waals surface area (Å²) in [6.45, 7) is 1.83. The first kappa shape index (κ1) is 20.0. The first-order valence-electron chi connectivity index (χ1n) is 10.7. The van der Waals surface area contributed by atoms with Crippen molar-refractivity contribution in [2.75, 3.05) is 38.0 Å². The molecule has 1 unspecified atom stereocenters. The topological polar surface area (TPSA) is 82.2 Å². The van der Waals surface area contributed by atoms with Crippen LogP contribution >= 0.6 is 0 Å². The van der Waals surface area contributed by atoms with E-state index in [1.54, 1.807) is 4.90 Å². The minimum absolute atomic E-state index is 0.147. The Morgan fingerprint density at radius 3 is 2.52 bits per heavy atom. The van der Waals surface area contributed by atoms with E-state index in [4.69, 9.17) is 4.74 Å². The molecule has 4 aliphatic rings. The van der Waals surface area contributed by atoms with Crippen molar-refractivity contribution >= 4 is 23.7 Å². The van der Waals surface area contributed by atoms with Crippen molar-refractivity contribution in [2.45, 2.75) is 37.3 Å². The van der Waals surface area contributed by atoms with Crippen molar-refractivity contribution in [3.8, 4) is 0 Å². The van der Waals surface area contributed by atoms with E-state index in [2.05, 4.69) is 5.32 Å². The molecule has 1 atom stereocenters. The van der Waals surface area contributed by atoms with Gasteiger partial charge in [0.05, 0.1) is 11.7 Å². The molecule has 1 aliphatic carbocycles. The molecule has 1 aromatic rings. The highest BCUT2D eigenvalue weighted by Gasteiger charge is 2.57. The monoisotopic (exact) mass is 434 g/mol. The van der Waals surface area contributed by atoms with Gasteiger partial charge in [-0.25, -0.2) is 18.4 Å². The summed E-state index contributed by atoms with van der Waals surface area (Å²) >= 11 is 0. The van der Waals surface area contributed by atoms with E-state index < -0.39 is 29.4 Å². The molecule has 4 fully saturated rings. The average molecular weight is 434 g/mol. The van der Waals surface area contributed by atoms with Gasteiger partial charge in [0.15, 0.2) is 0 Å². The molecule has 1 saturated carbocycles. The van der Waals surface area contributed by atoms with Crippen LogP contribution in [-0.4, -0.2) is 77.1 Å². The number of ether oxygens (including phenoxy) is 1. The van der Waals surface area contributed by atoms with Crippen molar-refractivity contribution in [3.63, 3.8) is 0 Å². The number of piperidine rings is 1. The lowest BCUT2D eigenvalue weighted by molar-refractivity contribution is -0.136. The van der Waals surface area contributed by atoms with Gasteiger partial charge in [0.2, 0.25) is 5.91 Å². The van der Waals surface area contributed by atoms with Crippen molar-refractivity contribution in [1.29, 1.82) is 0 Å². The molecule has 0 bridgehead atoms. The number of halogens is 2. The number of nitrogens with zero attached hydrogens (tertiary/aromatic N) is 3. The number of piperazine rings is 1. The van der Waals surface area contributed by atoms with Gasteiger partial charge in [-0.15, -0.1) is 0 Å². The number of carbonyl (C=O) groups is 3. The fourth-order valence-electron chi connectivity index (χ4n) is 4.85. The summed E-state index contributed by atoms with van der Waals surface area (Å²) in [6.07, 6.45) is 2.53. The normalized spacial score (nSPS) is 24.8. The van der Waals surface area contributed by atoms with Crippen LogP contribution in [0.5, 0.6) is 0 Å². The molecular formula is C21H24F2N4O4. The summed E-state index contributed by atoms with van der Waals surface area (Å²) in [6, 6.07) is 1.97. The molecule has 166 valence electrons. The molecule has 0 radical (unpaired) electrons. The molecular weight excluding hydrogens is 410 g/mol. The lowest BCUT2D eigenvalue weighted by atomic mass is 9.83. The van der Waals surface area contributed by atoms with Crippen LogP contribution in [0, 0.1) is 17.6 Å². The summed E-state index contributed by atoms with van der Waals surface area (Å²) in [5.41, 5.74) is -0.978. The Labute approximate surface area is 178 Å². The predicted octanol–water partition coefficient (Wildman–Crippen LogP) is 2.40. The summed E-state index contributed by atoms with van der Waals surface area (Å²) in [4.78, 5) is 42.6. The molecule has 4 amide bonds. The van der Waals surface area contributed by atoms with E-state index in [9.17, 15) is 23.2 Å². The third kappa shape index (κ3) is 3.57. The first-order valence-corrected chi connectivity index (χ1v) is 10.7. The largest absolute Gasteiger partial charge is 0.440 e. The van der Waals surface area contributed by atoms with Gasteiger partial charge in [0, 0.05) is 57.5 Å². The smallest absolute Gasteiger partial charge is 0.410 e. The standard InChI is InChI=1S/C21H24F2N4O4/c22-14-3-4-15(23)16(11-14)24-19(29)26-9-10-27-17(12-26)21(31-20(27)30)5-7-25(8-6-21)18(28)13-1-2-13/h3-4,11,13,17H,1-2,5-10,12H2,(H,24,29). The Bertz CT molecular complexity index is 930. The van der Waals surface area contributed by atoms with E-state index in [-0.39, 0.29) is 36.6 Å². The number of hydrogen-bond donors (Lipinski definition) is 1. The Morgan fingerprint density at radius 2 is 1.81 bits per heavy atom. The maximum absolute atomic E-state index is 13.9. The molecule has 3 saturated heterocycles. The lowest BCUT2D eigenvalue weighted by Gasteiger charge is -2.45. The summed E-state index contributed by atoms with van der Waals surface area (Å²) in [5.74, 6) is -1.05. The van der Waals surface area contributed by atoms with Crippen molar-refractivity contribution < 1.29 is 27.9 Å². The Kier molecular flexibility index (Phi) is 4.75. The van der Waals surface area contributed by atoms with E-state index >= 15 is 0 Å². The average Bonchev–Trinajstić information content (AvgIpc) is 3.57. The Hall–Kier alpha value is -2.91. The third-order valence-electron chi connectivity index (χ3n) is 6.82. The second kappa shape index (κ2) is 7.35. The van der Waals surface area contributed by atoms with Crippen LogP contribution in [0.15, 0.2) is 18.2 Å². The van der Waals surface area contributed by atoms with Crippen LogP contribution in [0.2, 0.25) is 0 Å². The number of carbonyl (C=O) groups excluding carboxylic acids is 3. The van der Waals surface area contributed by atoms with E-state index in [1.165, 1.54) is 4.90 Å². The summed E-state index contributed by atoms with van der Waals surface area (Å²) in [7, 11) is 0. The molecule has 3 heterocycles. The van der Waals surface area contributed by atoms with Gasteiger partial charge in [0.1, 0.15) is 17.2 Å². The number of nitrogens with one attached hydrogen (secondary N) is 1. The van der Waals surface area contributed by atoms with E-state index in [0.717, 1.165) is 31.0 Å². The van der Waals surface area contributed by atoms with Gasteiger partial charge in [-0.3, -0.25) is 9.69 Å². The van der Waals surface area contributed by atoms with Crippen LogP contribution in [0.4, 0.5) is 24.1 Å². The predicted molar refractivity (Wildman–Crippen MR) is 105 cm³/mol. The van der Waals surface area contributed by atoms with E-state index in [1.807, 2.05) is 4.90 Å². The molecule has 1 N–H and O–H groups in total. The highest BCUT2D eigenvalue weighted by atomic mass is 19.1. The Balaban J connectivity index is 1.27. The molecule has 3 aliphatic heterocycles. The quantitative estimate of drug-likeness (QED) is 0.775. The van der Waals surface area contributed by atoms with Gasteiger partial charge in [-0.1, -0.05) is 0 Å². The second-order valence-corrected chi connectivity index (χ2v) is 8.74. The van der Waals surface area contributed by atoms with Gasteiger partial charge in [-0.05, 0) is 25.0 Å². The SMILES string of the molecule is O=C(Nc1cc(F)ccc1F)N1CCN2C(=O)OC3(CCN(C(=O)C4CC4)CC3)C2C1. The molecule has 5 rings (SSSR count). The zero-order valence-electron chi connectivity index (χ0n) is 17.0.